The van der Waals surface area contributed by atoms with E-state index in [1.54, 1.807) is 7.11 Å². The summed E-state index contributed by atoms with van der Waals surface area (Å²) in [5.74, 6) is 1.40. The lowest BCUT2D eigenvalue weighted by atomic mass is 9.71. The van der Waals surface area contributed by atoms with E-state index < -0.39 is 0 Å². The average molecular weight is 358 g/mol. The lowest BCUT2D eigenvalue weighted by Gasteiger charge is -2.46. The Labute approximate surface area is 156 Å². The molecule has 2 heterocycles. The first-order valence-electron chi connectivity index (χ1n) is 9.82. The highest BCUT2D eigenvalue weighted by atomic mass is 16.5. The molecule has 4 rings (SSSR count). The molecule has 0 radical (unpaired) electrons. The van der Waals surface area contributed by atoms with E-state index in [0.717, 1.165) is 13.0 Å². The summed E-state index contributed by atoms with van der Waals surface area (Å²) in [5.41, 5.74) is 0.217. The van der Waals surface area contributed by atoms with Crippen LogP contribution in [0.5, 0.6) is 11.5 Å². The van der Waals surface area contributed by atoms with E-state index in [-0.39, 0.29) is 17.9 Å². The fourth-order valence-electron chi connectivity index (χ4n) is 5.70. The van der Waals surface area contributed by atoms with Crippen molar-refractivity contribution in [2.24, 2.45) is 5.41 Å². The number of fused-ring (bicyclic) bond motifs is 1. The van der Waals surface area contributed by atoms with Gasteiger partial charge in [0.25, 0.3) is 5.91 Å². The molecule has 5 heteroatoms. The Kier molecular flexibility index (Phi) is 4.59. The van der Waals surface area contributed by atoms with Crippen molar-refractivity contribution in [3.63, 3.8) is 0 Å². The number of carbonyl (C=O) groups is 1. The first-order valence-corrected chi connectivity index (χ1v) is 9.82. The van der Waals surface area contributed by atoms with E-state index in [1.807, 2.05) is 24.3 Å². The largest absolute Gasteiger partial charge is 0.493 e. The lowest BCUT2D eigenvalue weighted by molar-refractivity contribution is -0.141. The van der Waals surface area contributed by atoms with Crippen LogP contribution in [-0.4, -0.2) is 61.1 Å². The van der Waals surface area contributed by atoms with Crippen molar-refractivity contribution in [2.75, 3.05) is 27.3 Å². The summed E-state index contributed by atoms with van der Waals surface area (Å²) in [5, 5.41) is 0. The van der Waals surface area contributed by atoms with Crippen LogP contribution in [0.1, 0.15) is 39.0 Å². The third-order valence-electron chi connectivity index (χ3n) is 6.99. The van der Waals surface area contributed by atoms with Crippen molar-refractivity contribution in [2.45, 2.75) is 57.2 Å². The number of methoxy groups -OCH3 is 1. The smallest absolute Gasteiger partial charge is 0.260 e. The zero-order valence-corrected chi connectivity index (χ0v) is 16.1. The van der Waals surface area contributed by atoms with Crippen molar-refractivity contribution in [1.82, 2.24) is 9.80 Å². The predicted molar refractivity (Wildman–Crippen MR) is 101 cm³/mol. The third-order valence-corrected chi connectivity index (χ3v) is 6.99. The van der Waals surface area contributed by atoms with Crippen LogP contribution in [0.25, 0.3) is 0 Å². The highest BCUT2D eigenvalue weighted by molar-refractivity contribution is 5.78. The van der Waals surface area contributed by atoms with Gasteiger partial charge in [0.2, 0.25) is 0 Å². The van der Waals surface area contributed by atoms with E-state index in [0.29, 0.717) is 29.6 Å². The number of carbonyl (C=O) groups excluding carboxylic acids is 1. The molecule has 142 valence electrons. The molecular formula is C21H30N2O3. The standard InChI is InChI=1S/C21H30N2O3/c1-21-12-15-13-23(19(21)11-7-6-10-18(21)22(15)2)20(24)14-26-17-9-5-4-8-16(17)25-3/h4-5,8-9,15,18-19H,6-7,10-14H2,1-3H3/t15-,18-,19+,21-/m0/s1. The Morgan fingerprint density at radius 3 is 2.62 bits per heavy atom. The number of hydrogen-bond acceptors (Lipinski definition) is 4. The zero-order valence-electron chi connectivity index (χ0n) is 16.1. The first-order chi connectivity index (χ1) is 12.5. The molecule has 4 atom stereocenters. The van der Waals surface area contributed by atoms with E-state index in [9.17, 15) is 4.79 Å². The normalized spacial score (nSPS) is 33.7. The molecule has 0 spiro atoms. The maximum atomic E-state index is 13.1. The van der Waals surface area contributed by atoms with Crippen molar-refractivity contribution >= 4 is 5.91 Å². The Bertz CT molecular complexity index is 679. The van der Waals surface area contributed by atoms with Crippen LogP contribution in [0.15, 0.2) is 24.3 Å². The molecule has 2 bridgehead atoms. The Hall–Kier alpha value is -1.75. The van der Waals surface area contributed by atoms with Gasteiger partial charge in [0, 0.05) is 30.1 Å². The van der Waals surface area contributed by atoms with Gasteiger partial charge in [-0.25, -0.2) is 0 Å². The Morgan fingerprint density at radius 2 is 1.88 bits per heavy atom. The minimum atomic E-state index is 0.0774. The van der Waals surface area contributed by atoms with E-state index in [1.165, 1.54) is 25.7 Å². The molecule has 0 aromatic heterocycles. The zero-order chi connectivity index (χ0) is 18.3. The van der Waals surface area contributed by atoms with Crippen molar-refractivity contribution in [1.29, 1.82) is 0 Å². The van der Waals surface area contributed by atoms with Gasteiger partial charge in [-0.2, -0.15) is 0 Å². The fourth-order valence-corrected chi connectivity index (χ4v) is 5.70. The topological polar surface area (TPSA) is 42.0 Å². The van der Waals surface area contributed by atoms with Gasteiger partial charge < -0.3 is 14.4 Å². The SMILES string of the molecule is COc1ccccc1OCC(=O)N1C[C@@H]2C[C@@]3(C)[C@H](CCCC[C@@H]13)N2C. The maximum absolute atomic E-state index is 13.1. The van der Waals surface area contributed by atoms with E-state index in [4.69, 9.17) is 9.47 Å². The van der Waals surface area contributed by atoms with Crippen molar-refractivity contribution in [3.05, 3.63) is 24.3 Å². The fraction of sp³-hybridized carbons (Fsp3) is 0.667. The van der Waals surface area contributed by atoms with Crippen LogP contribution in [0.4, 0.5) is 0 Å². The molecule has 1 aliphatic carbocycles. The molecule has 0 N–H and O–H groups in total. The number of amides is 1. The molecule has 1 aromatic carbocycles. The molecule has 26 heavy (non-hydrogen) atoms. The van der Waals surface area contributed by atoms with Crippen molar-refractivity contribution < 1.29 is 14.3 Å². The highest BCUT2D eigenvalue weighted by Crippen LogP contribution is 2.52. The monoisotopic (exact) mass is 358 g/mol. The molecule has 3 aliphatic rings. The molecular weight excluding hydrogens is 328 g/mol. The van der Waals surface area contributed by atoms with Crippen LogP contribution in [0, 0.1) is 5.41 Å². The molecule has 5 nitrogen and oxygen atoms in total. The summed E-state index contributed by atoms with van der Waals surface area (Å²) in [4.78, 5) is 17.8. The van der Waals surface area contributed by atoms with Gasteiger partial charge in [-0.1, -0.05) is 31.9 Å². The number of ether oxygens (including phenoxy) is 2. The van der Waals surface area contributed by atoms with Crippen LogP contribution in [-0.2, 0) is 4.79 Å². The minimum Gasteiger partial charge on any atom is -0.493 e. The van der Waals surface area contributed by atoms with Gasteiger partial charge in [0.05, 0.1) is 7.11 Å². The minimum absolute atomic E-state index is 0.0774. The predicted octanol–water partition coefficient (Wildman–Crippen LogP) is 2.94. The van der Waals surface area contributed by atoms with Gasteiger partial charge in [0.15, 0.2) is 18.1 Å². The van der Waals surface area contributed by atoms with Gasteiger partial charge in [-0.15, -0.1) is 0 Å². The van der Waals surface area contributed by atoms with Gasteiger partial charge in [-0.05, 0) is 38.4 Å². The molecule has 1 saturated carbocycles. The highest BCUT2D eigenvalue weighted by Gasteiger charge is 2.58. The summed E-state index contributed by atoms with van der Waals surface area (Å²) in [6.45, 7) is 3.32. The van der Waals surface area contributed by atoms with E-state index in [2.05, 4.69) is 23.8 Å². The average Bonchev–Trinajstić information content (AvgIpc) is 2.77. The molecule has 2 aliphatic heterocycles. The van der Waals surface area contributed by atoms with Gasteiger partial charge in [0.1, 0.15) is 0 Å². The van der Waals surface area contributed by atoms with Crippen LogP contribution in [0.3, 0.4) is 0 Å². The number of likely N-dealkylation sites (N-methyl/N-ethyl adjacent to an activating group) is 1. The summed E-state index contributed by atoms with van der Waals surface area (Å²) < 4.78 is 11.2. The number of rotatable bonds is 4. The molecule has 0 unspecified atom stereocenters. The number of para-hydroxylation sites is 2. The van der Waals surface area contributed by atoms with Crippen molar-refractivity contribution in [3.8, 4) is 11.5 Å². The quantitative estimate of drug-likeness (QED) is 0.830. The summed E-state index contributed by atoms with van der Waals surface area (Å²) in [6, 6.07) is 8.93. The number of hydrogen-bond donors (Lipinski definition) is 0. The van der Waals surface area contributed by atoms with Crippen LogP contribution < -0.4 is 9.47 Å². The number of likely N-dealkylation sites (tertiary alicyclic amines) is 2. The number of nitrogens with zero attached hydrogens (tertiary/aromatic N) is 2. The Morgan fingerprint density at radius 1 is 1.19 bits per heavy atom. The second kappa shape index (κ2) is 6.76. The van der Waals surface area contributed by atoms with Gasteiger partial charge >= 0.3 is 0 Å². The number of benzene rings is 1. The Balaban J connectivity index is 1.51. The van der Waals surface area contributed by atoms with E-state index >= 15 is 0 Å². The molecule has 3 fully saturated rings. The maximum Gasteiger partial charge on any atom is 0.260 e. The van der Waals surface area contributed by atoms with Gasteiger partial charge in [-0.3, -0.25) is 9.69 Å². The molecule has 2 saturated heterocycles. The summed E-state index contributed by atoms with van der Waals surface area (Å²) in [7, 11) is 3.87. The molecule has 1 amide bonds. The lowest BCUT2D eigenvalue weighted by Crippen LogP contribution is -2.56. The number of piperidine rings is 1. The molecule has 1 aromatic rings. The second-order valence-electron chi connectivity index (χ2n) is 8.33. The first kappa shape index (κ1) is 17.7. The summed E-state index contributed by atoms with van der Waals surface area (Å²) >= 11 is 0. The van der Waals surface area contributed by atoms with Crippen LogP contribution >= 0.6 is 0 Å². The second-order valence-corrected chi connectivity index (χ2v) is 8.33. The third kappa shape index (κ3) is 2.77. The van der Waals surface area contributed by atoms with Crippen LogP contribution in [0.2, 0.25) is 0 Å². The summed E-state index contributed by atoms with van der Waals surface area (Å²) in [6.07, 6.45) is 6.09.